The second kappa shape index (κ2) is 13.0. The van der Waals surface area contributed by atoms with Crippen molar-refractivity contribution >= 4 is 57.8 Å². The smallest absolute Gasteiger partial charge is 0.294 e. The molecule has 3 aromatic rings. The van der Waals surface area contributed by atoms with Crippen LogP contribution in [0.1, 0.15) is 49.1 Å². The molecule has 1 aliphatic carbocycles. The van der Waals surface area contributed by atoms with E-state index in [9.17, 15) is 14.4 Å². The molecule has 14 heteroatoms. The molecule has 0 bridgehead atoms. The molecule has 3 amide bonds. The minimum atomic E-state index is -0.597. The Morgan fingerprint density at radius 2 is 1.93 bits per heavy atom. The molecule has 1 aromatic carbocycles. The molecule has 0 radical (unpaired) electrons. The number of furan rings is 1. The van der Waals surface area contributed by atoms with E-state index in [0.717, 1.165) is 25.8 Å². The van der Waals surface area contributed by atoms with E-state index >= 15 is 0 Å². The number of anilines is 2. The van der Waals surface area contributed by atoms with Crippen LogP contribution >= 0.6 is 11.6 Å². The molecule has 0 atom stereocenters. The van der Waals surface area contributed by atoms with Crippen LogP contribution in [-0.2, 0) is 14.4 Å². The number of fused-ring (bicyclic) bond motifs is 1. The largest absolute Gasteiger partial charge is 0.490 e. The Bertz CT molecular complexity index is 1480. The summed E-state index contributed by atoms with van der Waals surface area (Å²) in [4.78, 5) is 50.0. The van der Waals surface area contributed by atoms with Crippen molar-refractivity contribution in [2.75, 3.05) is 30.4 Å². The van der Waals surface area contributed by atoms with Gasteiger partial charge in [-0.2, -0.15) is 0 Å². The first kappa shape index (κ1) is 29.0. The van der Waals surface area contributed by atoms with Gasteiger partial charge < -0.3 is 41.0 Å². The van der Waals surface area contributed by atoms with Gasteiger partial charge in [0.2, 0.25) is 23.5 Å². The van der Waals surface area contributed by atoms with Crippen LogP contribution in [0.4, 0.5) is 11.5 Å². The summed E-state index contributed by atoms with van der Waals surface area (Å²) < 4.78 is 11.6. The van der Waals surface area contributed by atoms with Crippen molar-refractivity contribution in [2.45, 2.75) is 44.6 Å². The number of nitrogens with one attached hydrogen (secondary N) is 2. The summed E-state index contributed by atoms with van der Waals surface area (Å²) in [7, 11) is 0. The molecule has 6 N–H and O–H groups in total. The number of oxime groups is 1. The summed E-state index contributed by atoms with van der Waals surface area (Å²) in [6.07, 6.45) is 5.67. The maximum absolute atomic E-state index is 13.5. The fourth-order valence-electron chi connectivity index (χ4n) is 5.32. The monoisotopic (exact) mass is 597 g/mol. The Hall–Kier alpha value is -4.52. The first-order valence-corrected chi connectivity index (χ1v) is 14.1. The Balaban J connectivity index is 1.34. The number of halogens is 1. The number of carbonyl (C=O) groups excluding carboxylic acids is 3. The average Bonchev–Trinajstić information content (AvgIpc) is 3.57. The van der Waals surface area contributed by atoms with Crippen LogP contribution in [0, 0.1) is 5.92 Å². The minimum Gasteiger partial charge on any atom is -0.490 e. The molecule has 1 saturated carbocycles. The lowest BCUT2D eigenvalue weighted by Crippen LogP contribution is -2.40. The van der Waals surface area contributed by atoms with Gasteiger partial charge in [-0.25, -0.2) is 4.98 Å². The number of benzene rings is 1. The van der Waals surface area contributed by atoms with E-state index in [1.54, 1.807) is 30.3 Å². The van der Waals surface area contributed by atoms with Crippen LogP contribution in [0.2, 0.25) is 5.02 Å². The fourth-order valence-corrected chi connectivity index (χ4v) is 5.43. The second-order valence-electron chi connectivity index (χ2n) is 10.2. The molecule has 13 nitrogen and oxygen atoms in total. The highest BCUT2D eigenvalue weighted by Gasteiger charge is 2.34. The molecule has 1 saturated heterocycles. The molecule has 2 fully saturated rings. The van der Waals surface area contributed by atoms with Crippen LogP contribution < -0.4 is 26.8 Å². The number of hydrogen-bond donors (Lipinski definition) is 4. The topological polar surface area (TPSA) is 187 Å². The molecular weight excluding hydrogens is 566 g/mol. The van der Waals surface area contributed by atoms with Gasteiger partial charge in [-0.05, 0) is 67.6 Å². The fraction of sp³-hybridized carbons (Fsp3) is 0.393. The maximum atomic E-state index is 13.5. The zero-order valence-corrected chi connectivity index (χ0v) is 23.6. The van der Waals surface area contributed by atoms with Gasteiger partial charge in [0.25, 0.3) is 5.91 Å². The van der Waals surface area contributed by atoms with Gasteiger partial charge in [0.05, 0.1) is 5.02 Å². The molecule has 2 aromatic heterocycles. The number of rotatable bonds is 10. The number of pyridine rings is 1. The molecule has 2 aliphatic rings. The predicted octanol–water partition coefficient (Wildman–Crippen LogP) is 3.44. The lowest BCUT2D eigenvalue weighted by atomic mass is 9.84. The summed E-state index contributed by atoms with van der Waals surface area (Å²) in [5.41, 5.74) is 11.1. The number of guanidine groups is 1. The van der Waals surface area contributed by atoms with Crippen molar-refractivity contribution in [3.63, 3.8) is 0 Å². The third-order valence-corrected chi connectivity index (χ3v) is 7.54. The van der Waals surface area contributed by atoms with E-state index in [-0.39, 0.29) is 60.2 Å². The average molecular weight is 598 g/mol. The van der Waals surface area contributed by atoms with Gasteiger partial charge in [-0.15, -0.1) is 0 Å². The highest BCUT2D eigenvalue weighted by atomic mass is 35.5. The number of likely N-dealkylation sites (tertiary alicyclic amines) is 1. The summed E-state index contributed by atoms with van der Waals surface area (Å²) in [6.45, 7) is 1.02. The van der Waals surface area contributed by atoms with Gasteiger partial charge in [0.15, 0.2) is 6.61 Å². The summed E-state index contributed by atoms with van der Waals surface area (Å²) in [6, 6.07) is 8.30. The predicted molar refractivity (Wildman–Crippen MR) is 156 cm³/mol. The highest BCUT2D eigenvalue weighted by molar-refractivity contribution is 6.30. The van der Waals surface area contributed by atoms with Crippen LogP contribution in [0.25, 0.3) is 11.0 Å². The zero-order valence-electron chi connectivity index (χ0n) is 22.8. The lowest BCUT2D eigenvalue weighted by molar-refractivity contribution is -0.130. The summed E-state index contributed by atoms with van der Waals surface area (Å²) in [5, 5.41) is 9.97. The Morgan fingerprint density at radius 1 is 1.12 bits per heavy atom. The third-order valence-electron chi connectivity index (χ3n) is 7.31. The number of nitrogens with two attached hydrogens (primary N) is 2. The second-order valence-corrected chi connectivity index (χ2v) is 10.6. The first-order chi connectivity index (χ1) is 20.3. The zero-order chi connectivity index (χ0) is 29.6. The van der Waals surface area contributed by atoms with Gasteiger partial charge >= 0.3 is 0 Å². The molecular formula is C28H32ClN7O6. The molecule has 5 rings (SSSR count). The van der Waals surface area contributed by atoms with Crippen LogP contribution in [0.5, 0.6) is 5.75 Å². The molecule has 222 valence electrons. The molecule has 42 heavy (non-hydrogen) atoms. The standard InChI is InChI=1S/C28H32ClN7O6/c29-17-5-10-22(32-15-17)33-27(39)25-24(20-14-19(8-9-21(20)42-25)40-12-13-41-35-28(30)31)34-26(38)16-3-6-18(7-4-16)36-11-1-2-23(36)37/h5,8-10,14-16,18H,1-4,6-7,11-13H2,(H,34,38)(H4,30,31,35)(H,32,33,39). The van der Waals surface area contributed by atoms with E-state index in [1.165, 1.54) is 6.20 Å². The van der Waals surface area contributed by atoms with E-state index < -0.39 is 5.91 Å². The Labute approximate surface area is 246 Å². The Morgan fingerprint density at radius 3 is 2.62 bits per heavy atom. The number of nitrogens with zero attached hydrogens (tertiary/aromatic N) is 3. The maximum Gasteiger partial charge on any atom is 0.294 e. The number of amides is 3. The Kier molecular flexibility index (Phi) is 8.96. The lowest BCUT2D eigenvalue weighted by Gasteiger charge is -2.34. The molecule has 0 unspecified atom stereocenters. The SMILES string of the molecule is NC(N)=NOCCOc1ccc2oc(C(=O)Nc3ccc(Cl)cn3)c(NC(=O)C3CCC(N4CCCC4=O)CC3)c2c1. The van der Waals surface area contributed by atoms with Crippen LogP contribution in [0.15, 0.2) is 46.1 Å². The number of aromatic nitrogens is 1. The van der Waals surface area contributed by atoms with E-state index in [4.69, 9.17) is 37.1 Å². The highest BCUT2D eigenvalue weighted by Crippen LogP contribution is 2.36. The van der Waals surface area contributed by atoms with Crippen LogP contribution in [-0.4, -0.2) is 59.4 Å². The van der Waals surface area contributed by atoms with Gasteiger partial charge in [-0.1, -0.05) is 11.6 Å². The van der Waals surface area contributed by atoms with Gasteiger partial charge in [0.1, 0.15) is 29.4 Å². The summed E-state index contributed by atoms with van der Waals surface area (Å²) in [5.74, 6) is -0.465. The van der Waals surface area contributed by atoms with Crippen molar-refractivity contribution in [3.05, 3.63) is 47.3 Å². The summed E-state index contributed by atoms with van der Waals surface area (Å²) >= 11 is 5.91. The van der Waals surface area contributed by atoms with E-state index in [1.807, 2.05) is 4.90 Å². The quantitative estimate of drug-likeness (QED) is 0.117. The van der Waals surface area contributed by atoms with Crippen molar-refractivity contribution < 1.29 is 28.4 Å². The van der Waals surface area contributed by atoms with Crippen molar-refractivity contribution in [2.24, 2.45) is 22.5 Å². The molecule has 0 spiro atoms. The number of hydrogen-bond acceptors (Lipinski definition) is 8. The molecule has 1 aliphatic heterocycles. The molecule has 3 heterocycles. The van der Waals surface area contributed by atoms with Crippen molar-refractivity contribution in [3.8, 4) is 5.75 Å². The van der Waals surface area contributed by atoms with E-state index in [0.29, 0.717) is 41.0 Å². The minimum absolute atomic E-state index is 0.0836. The number of ether oxygens (including phenoxy) is 1. The van der Waals surface area contributed by atoms with E-state index in [2.05, 4.69) is 20.8 Å². The van der Waals surface area contributed by atoms with Gasteiger partial charge in [-0.3, -0.25) is 14.4 Å². The van der Waals surface area contributed by atoms with Crippen molar-refractivity contribution in [1.29, 1.82) is 0 Å². The van der Waals surface area contributed by atoms with Crippen LogP contribution in [0.3, 0.4) is 0 Å². The van der Waals surface area contributed by atoms with Crippen molar-refractivity contribution in [1.82, 2.24) is 9.88 Å². The number of carbonyl (C=O) groups is 3. The normalized spacial score (nSPS) is 18.5. The first-order valence-electron chi connectivity index (χ1n) is 13.7. The third kappa shape index (κ3) is 6.85. The van der Waals surface area contributed by atoms with Gasteiger partial charge in [0, 0.05) is 36.5 Å².